The highest BCUT2D eigenvalue weighted by Crippen LogP contribution is 2.34. The molecule has 0 atom stereocenters. The van der Waals surface area contributed by atoms with Gasteiger partial charge >= 0.3 is 0 Å². The lowest BCUT2D eigenvalue weighted by molar-refractivity contribution is 0.865. The van der Waals surface area contributed by atoms with Crippen molar-refractivity contribution in [2.75, 3.05) is 0 Å². The first-order valence-electron chi connectivity index (χ1n) is 10.1. The Balaban J connectivity index is 1.56. The van der Waals surface area contributed by atoms with E-state index in [9.17, 15) is 0 Å². The van der Waals surface area contributed by atoms with Crippen molar-refractivity contribution in [3.05, 3.63) is 94.5 Å². The smallest absolute Gasteiger partial charge is 0.00137 e. The van der Waals surface area contributed by atoms with E-state index in [2.05, 4.69) is 101 Å². The highest BCUT2D eigenvalue weighted by Gasteiger charge is 2.15. The molecule has 0 N–H and O–H groups in total. The molecule has 3 aromatic rings. The molecule has 3 aromatic carbocycles. The van der Waals surface area contributed by atoms with Gasteiger partial charge in [0.1, 0.15) is 0 Å². The second kappa shape index (κ2) is 7.19. The summed E-state index contributed by atoms with van der Waals surface area (Å²) in [4.78, 5) is 0. The van der Waals surface area contributed by atoms with Gasteiger partial charge in [-0.2, -0.15) is 0 Å². The van der Waals surface area contributed by atoms with Crippen molar-refractivity contribution in [1.29, 1.82) is 0 Å². The Morgan fingerprint density at radius 2 is 1.11 bits per heavy atom. The molecule has 0 aliphatic heterocycles. The Labute approximate surface area is 163 Å². The lowest BCUT2D eigenvalue weighted by Crippen LogP contribution is -1.90. The Kier molecular flexibility index (Phi) is 4.74. The minimum atomic E-state index is 0.577. The minimum Gasteiger partial charge on any atom is -0.0587 e. The summed E-state index contributed by atoms with van der Waals surface area (Å²) in [5.74, 6) is 1.16. The molecule has 0 bridgehead atoms. The lowest BCUT2D eigenvalue weighted by atomic mass is 9.96. The first-order valence-corrected chi connectivity index (χ1v) is 10.1. The summed E-state index contributed by atoms with van der Waals surface area (Å²) in [6.07, 6.45) is 3.41. The number of allylic oxidation sites excluding steroid dienone is 1. The van der Waals surface area contributed by atoms with Gasteiger partial charge in [0.15, 0.2) is 0 Å². The first kappa shape index (κ1) is 17.8. The maximum absolute atomic E-state index is 2.37. The van der Waals surface area contributed by atoms with E-state index in [1.54, 1.807) is 0 Å². The van der Waals surface area contributed by atoms with Gasteiger partial charge in [-0.05, 0) is 62.8 Å². The van der Waals surface area contributed by atoms with Gasteiger partial charge in [-0.25, -0.2) is 0 Å². The van der Waals surface area contributed by atoms with Crippen LogP contribution in [0.5, 0.6) is 0 Å². The van der Waals surface area contributed by atoms with Gasteiger partial charge in [0.2, 0.25) is 0 Å². The molecule has 0 heterocycles. The molecule has 4 rings (SSSR count). The molecule has 0 amide bonds. The van der Waals surface area contributed by atoms with Crippen LogP contribution in [0, 0.1) is 0 Å². The zero-order valence-electron chi connectivity index (χ0n) is 16.8. The minimum absolute atomic E-state index is 0.577. The summed E-state index contributed by atoms with van der Waals surface area (Å²) in [5.41, 5.74) is 11.0. The number of hydrogen-bond acceptors (Lipinski definition) is 0. The quantitative estimate of drug-likeness (QED) is 0.451. The van der Waals surface area contributed by atoms with Crippen molar-refractivity contribution in [1.82, 2.24) is 0 Å². The molecule has 0 radical (unpaired) electrons. The van der Waals surface area contributed by atoms with Gasteiger partial charge < -0.3 is 0 Å². The van der Waals surface area contributed by atoms with Crippen LogP contribution in [0.1, 0.15) is 67.3 Å². The van der Waals surface area contributed by atoms with Crippen molar-refractivity contribution in [2.45, 2.75) is 46.0 Å². The summed E-state index contributed by atoms with van der Waals surface area (Å²) in [6, 6.07) is 25.0. The molecular formula is C27H28. The molecule has 0 saturated carbocycles. The molecule has 0 saturated heterocycles. The van der Waals surface area contributed by atoms with E-state index in [0.717, 1.165) is 6.42 Å². The SMILES string of the molecule is CC(C)c1ccc(-c2ccc(C3=Cc4cc(C(C)C)ccc4C3)cc2)cc1. The van der Waals surface area contributed by atoms with E-state index in [4.69, 9.17) is 0 Å². The highest BCUT2D eigenvalue weighted by molar-refractivity contribution is 5.89. The topological polar surface area (TPSA) is 0 Å². The van der Waals surface area contributed by atoms with E-state index in [-0.39, 0.29) is 0 Å². The van der Waals surface area contributed by atoms with Crippen LogP contribution < -0.4 is 0 Å². The Bertz CT molecular complexity index is 968. The molecule has 0 unspecified atom stereocenters. The molecule has 0 spiro atoms. The van der Waals surface area contributed by atoms with Crippen molar-refractivity contribution in [2.24, 2.45) is 0 Å². The normalized spacial score (nSPS) is 13.2. The van der Waals surface area contributed by atoms with Crippen LogP contribution >= 0.6 is 0 Å². The van der Waals surface area contributed by atoms with E-state index in [1.165, 1.54) is 44.5 Å². The van der Waals surface area contributed by atoms with Gasteiger partial charge in [-0.3, -0.25) is 0 Å². The predicted octanol–water partition coefficient (Wildman–Crippen LogP) is 7.70. The molecule has 0 nitrogen and oxygen atoms in total. The largest absolute Gasteiger partial charge is 0.0587 e. The number of rotatable bonds is 4. The zero-order chi connectivity index (χ0) is 19.0. The van der Waals surface area contributed by atoms with Gasteiger partial charge in [-0.1, -0.05) is 101 Å². The van der Waals surface area contributed by atoms with Crippen LogP contribution in [-0.4, -0.2) is 0 Å². The van der Waals surface area contributed by atoms with Crippen LogP contribution in [0.15, 0.2) is 66.7 Å². The number of fused-ring (bicyclic) bond motifs is 1. The Morgan fingerprint density at radius 1 is 0.593 bits per heavy atom. The maximum atomic E-state index is 2.37. The Morgan fingerprint density at radius 3 is 1.70 bits per heavy atom. The molecule has 0 heteroatoms. The molecule has 0 aromatic heterocycles. The fourth-order valence-electron chi connectivity index (χ4n) is 3.83. The second-order valence-electron chi connectivity index (χ2n) is 8.31. The summed E-state index contributed by atoms with van der Waals surface area (Å²) in [7, 11) is 0. The fourth-order valence-corrected chi connectivity index (χ4v) is 3.83. The van der Waals surface area contributed by atoms with Gasteiger partial charge in [0.25, 0.3) is 0 Å². The maximum Gasteiger partial charge on any atom is -0.00137 e. The lowest BCUT2D eigenvalue weighted by Gasteiger charge is -2.08. The highest BCUT2D eigenvalue weighted by atomic mass is 14.2. The summed E-state index contributed by atoms with van der Waals surface area (Å²) < 4.78 is 0. The molecule has 136 valence electrons. The summed E-state index contributed by atoms with van der Waals surface area (Å²) in [5, 5.41) is 0. The third-order valence-electron chi connectivity index (χ3n) is 5.71. The third-order valence-corrected chi connectivity index (χ3v) is 5.71. The standard InChI is InChI=1S/C27H28/c1-18(2)20-5-7-21(8-6-20)22-9-11-23(12-10-22)26-16-25-14-13-24(19(3)4)15-27(25)17-26/h5-15,17-19H,16H2,1-4H3. The molecule has 27 heavy (non-hydrogen) atoms. The number of benzene rings is 3. The van der Waals surface area contributed by atoms with Crippen LogP contribution in [0.3, 0.4) is 0 Å². The van der Waals surface area contributed by atoms with Gasteiger partial charge in [0.05, 0.1) is 0 Å². The van der Waals surface area contributed by atoms with Crippen LogP contribution in [0.25, 0.3) is 22.8 Å². The average Bonchev–Trinajstić information content (AvgIpc) is 3.11. The van der Waals surface area contributed by atoms with Gasteiger partial charge in [-0.15, -0.1) is 0 Å². The van der Waals surface area contributed by atoms with Crippen LogP contribution in [0.2, 0.25) is 0 Å². The van der Waals surface area contributed by atoms with Crippen LogP contribution in [-0.2, 0) is 6.42 Å². The predicted molar refractivity (Wildman–Crippen MR) is 118 cm³/mol. The monoisotopic (exact) mass is 352 g/mol. The molecule has 1 aliphatic carbocycles. The van der Waals surface area contributed by atoms with E-state index in [0.29, 0.717) is 11.8 Å². The van der Waals surface area contributed by atoms with Crippen molar-refractivity contribution >= 4 is 11.6 Å². The van der Waals surface area contributed by atoms with E-state index in [1.807, 2.05) is 0 Å². The van der Waals surface area contributed by atoms with E-state index < -0.39 is 0 Å². The average molecular weight is 353 g/mol. The van der Waals surface area contributed by atoms with Crippen molar-refractivity contribution < 1.29 is 0 Å². The van der Waals surface area contributed by atoms with Crippen LogP contribution in [0.4, 0.5) is 0 Å². The molecule has 0 fully saturated rings. The molecular weight excluding hydrogens is 324 g/mol. The fraction of sp³-hybridized carbons (Fsp3) is 0.259. The first-order chi connectivity index (χ1) is 13.0. The van der Waals surface area contributed by atoms with Crippen molar-refractivity contribution in [3.8, 4) is 11.1 Å². The van der Waals surface area contributed by atoms with E-state index >= 15 is 0 Å². The summed E-state index contributed by atoms with van der Waals surface area (Å²) >= 11 is 0. The zero-order valence-corrected chi connectivity index (χ0v) is 16.8. The second-order valence-corrected chi connectivity index (χ2v) is 8.31. The van der Waals surface area contributed by atoms with Gasteiger partial charge in [0, 0.05) is 0 Å². The Hall–Kier alpha value is -2.60. The molecule has 1 aliphatic rings. The van der Waals surface area contributed by atoms with Crippen molar-refractivity contribution in [3.63, 3.8) is 0 Å². The third kappa shape index (κ3) is 3.62. The summed E-state index contributed by atoms with van der Waals surface area (Å²) in [6.45, 7) is 8.99. The number of hydrogen-bond donors (Lipinski definition) is 0.